The Labute approximate surface area is 109 Å². The van der Waals surface area contributed by atoms with Gasteiger partial charge in [0.05, 0.1) is 11.6 Å². The molecule has 0 saturated carbocycles. The molecule has 0 amide bonds. The quantitative estimate of drug-likeness (QED) is 0.596. The number of fused-ring (bicyclic) bond motifs is 1. The van der Waals surface area contributed by atoms with E-state index in [9.17, 15) is 0 Å². The molecule has 0 bridgehead atoms. The highest BCUT2D eigenvalue weighted by molar-refractivity contribution is 7.36. The molecule has 0 unspecified atom stereocenters. The minimum absolute atomic E-state index is 0.391. The third kappa shape index (κ3) is 1.95. The van der Waals surface area contributed by atoms with E-state index < -0.39 is 0 Å². The van der Waals surface area contributed by atoms with Crippen molar-refractivity contribution in [1.29, 1.82) is 0 Å². The van der Waals surface area contributed by atoms with E-state index in [1.165, 1.54) is 30.0 Å². The first-order valence-corrected chi connectivity index (χ1v) is 7.20. The van der Waals surface area contributed by atoms with E-state index in [4.69, 9.17) is 0 Å². The second kappa shape index (κ2) is 4.59. The van der Waals surface area contributed by atoms with Crippen molar-refractivity contribution in [3.05, 3.63) is 65.6 Å². The molecule has 3 aromatic rings. The van der Waals surface area contributed by atoms with Crippen molar-refractivity contribution in [3.63, 3.8) is 0 Å². The van der Waals surface area contributed by atoms with Crippen LogP contribution in [0.4, 0.5) is 0 Å². The lowest BCUT2D eigenvalue weighted by Gasteiger charge is -2.15. The lowest BCUT2D eigenvalue weighted by atomic mass is 10.1. The number of hydrogen-bond acceptors (Lipinski definition) is 0. The van der Waals surface area contributed by atoms with Crippen LogP contribution >= 0.6 is 8.19 Å². The van der Waals surface area contributed by atoms with E-state index in [0.717, 1.165) is 0 Å². The van der Waals surface area contributed by atoms with Gasteiger partial charge in [-0.05, 0) is 39.7 Å². The summed E-state index contributed by atoms with van der Waals surface area (Å²) in [6.07, 6.45) is 0. The number of aryl methyl sites for hydroxylation is 1. The Morgan fingerprint density at radius 3 is 2.50 bits per heavy atom. The van der Waals surface area contributed by atoms with Crippen LogP contribution in [0.1, 0.15) is 24.1 Å². The van der Waals surface area contributed by atoms with Gasteiger partial charge >= 0.3 is 0 Å². The highest BCUT2D eigenvalue weighted by Gasteiger charge is 2.10. The molecule has 18 heavy (non-hydrogen) atoms. The summed E-state index contributed by atoms with van der Waals surface area (Å²) in [6.45, 7) is 4.39. The first-order valence-electron chi connectivity index (χ1n) is 6.24. The van der Waals surface area contributed by atoms with Crippen LogP contribution in [0.15, 0.2) is 54.5 Å². The molecule has 0 spiro atoms. The zero-order valence-electron chi connectivity index (χ0n) is 10.7. The molecular weight excluding hydrogens is 237 g/mol. The van der Waals surface area contributed by atoms with Crippen molar-refractivity contribution in [2.75, 3.05) is 0 Å². The summed E-state index contributed by atoms with van der Waals surface area (Å²) in [7, 11) is 1.30. The molecule has 0 aliphatic heterocycles. The zero-order valence-corrected chi connectivity index (χ0v) is 11.6. The average Bonchev–Trinajstić information content (AvgIpc) is 2.82. The zero-order chi connectivity index (χ0) is 12.5. The molecule has 90 valence electrons. The first-order chi connectivity index (χ1) is 8.75. The normalized spacial score (nSPS) is 13.2. The van der Waals surface area contributed by atoms with E-state index in [-0.39, 0.29) is 0 Å². The molecule has 1 atom stereocenters. The highest BCUT2D eigenvalue weighted by Crippen LogP contribution is 2.30. The van der Waals surface area contributed by atoms with E-state index in [0.29, 0.717) is 6.04 Å². The molecule has 0 radical (unpaired) electrons. The van der Waals surface area contributed by atoms with Crippen molar-refractivity contribution in [2.24, 2.45) is 0 Å². The van der Waals surface area contributed by atoms with Crippen molar-refractivity contribution < 1.29 is 0 Å². The maximum atomic E-state index is 2.38. The largest absolute Gasteiger partial charge is 0.336 e. The second-order valence-corrected chi connectivity index (χ2v) is 5.70. The van der Waals surface area contributed by atoms with Crippen LogP contribution in [0.3, 0.4) is 0 Å². The Bertz CT molecular complexity index is 667. The van der Waals surface area contributed by atoms with Crippen molar-refractivity contribution in [1.82, 2.24) is 4.57 Å². The molecule has 1 nitrogen and oxygen atoms in total. The standard InChI is InChI=1S/C16H16NP/c1-12-7-9-14(10-8-12)13(2)17-11-18-16-6-4-3-5-15(16)17/h3-11,13H,1-2H3/t13-/m0/s1. The summed E-state index contributed by atoms with van der Waals surface area (Å²) < 4.78 is 2.38. The van der Waals surface area contributed by atoms with E-state index in [1.54, 1.807) is 0 Å². The summed E-state index contributed by atoms with van der Waals surface area (Å²) in [5.41, 5.74) is 4.02. The van der Waals surface area contributed by atoms with Gasteiger partial charge in [-0.15, -0.1) is 0 Å². The van der Waals surface area contributed by atoms with Crippen LogP contribution in [-0.2, 0) is 0 Å². The maximum absolute atomic E-state index is 2.38. The van der Waals surface area contributed by atoms with Gasteiger partial charge < -0.3 is 4.57 Å². The molecule has 1 aromatic heterocycles. The lowest BCUT2D eigenvalue weighted by Crippen LogP contribution is -2.04. The fourth-order valence-electron chi connectivity index (χ4n) is 2.29. The van der Waals surface area contributed by atoms with Gasteiger partial charge in [0.25, 0.3) is 0 Å². The fourth-order valence-corrected chi connectivity index (χ4v) is 3.36. The minimum Gasteiger partial charge on any atom is -0.336 e. The van der Waals surface area contributed by atoms with Gasteiger partial charge in [0.2, 0.25) is 0 Å². The molecule has 0 aliphatic rings. The molecule has 1 heterocycles. The molecule has 0 saturated heterocycles. The first kappa shape index (κ1) is 11.5. The summed E-state index contributed by atoms with van der Waals surface area (Å²) >= 11 is 0. The monoisotopic (exact) mass is 253 g/mol. The predicted octanol–water partition coefficient (Wildman–Crippen LogP) is 5.14. The molecule has 3 rings (SSSR count). The van der Waals surface area contributed by atoms with Crippen LogP contribution in [0.2, 0.25) is 0 Å². The average molecular weight is 253 g/mol. The van der Waals surface area contributed by atoms with Crippen molar-refractivity contribution in [3.8, 4) is 0 Å². The van der Waals surface area contributed by atoms with Gasteiger partial charge in [0, 0.05) is 11.0 Å². The molecule has 0 fully saturated rings. The molecular formula is C16H16NP. The third-order valence-electron chi connectivity index (χ3n) is 3.46. The third-order valence-corrected chi connectivity index (χ3v) is 4.48. The number of aromatic nitrogens is 1. The molecule has 2 aromatic carbocycles. The molecule has 0 aliphatic carbocycles. The number of rotatable bonds is 2. The number of benzene rings is 2. The molecule has 2 heteroatoms. The van der Waals surface area contributed by atoms with Gasteiger partial charge in [-0.3, -0.25) is 0 Å². The van der Waals surface area contributed by atoms with Crippen LogP contribution in [0.25, 0.3) is 10.6 Å². The number of para-hydroxylation sites is 1. The second-order valence-electron chi connectivity index (χ2n) is 4.73. The van der Waals surface area contributed by atoms with Gasteiger partial charge in [0.15, 0.2) is 0 Å². The van der Waals surface area contributed by atoms with Crippen molar-refractivity contribution >= 4 is 18.8 Å². The van der Waals surface area contributed by atoms with Gasteiger partial charge in [-0.1, -0.05) is 42.0 Å². The predicted molar refractivity (Wildman–Crippen MR) is 79.4 cm³/mol. The van der Waals surface area contributed by atoms with Crippen LogP contribution < -0.4 is 0 Å². The van der Waals surface area contributed by atoms with Crippen molar-refractivity contribution in [2.45, 2.75) is 19.9 Å². The van der Waals surface area contributed by atoms with Crippen LogP contribution in [0, 0.1) is 6.92 Å². The summed E-state index contributed by atoms with van der Waals surface area (Å²) in [4.78, 5) is 0. The van der Waals surface area contributed by atoms with Gasteiger partial charge in [-0.2, -0.15) is 0 Å². The summed E-state index contributed by atoms with van der Waals surface area (Å²) in [6, 6.07) is 17.9. The number of nitrogens with zero attached hydrogens (tertiary/aromatic N) is 1. The Hall–Kier alpha value is -1.59. The van der Waals surface area contributed by atoms with E-state index in [1.807, 2.05) is 0 Å². The topological polar surface area (TPSA) is 4.93 Å². The minimum atomic E-state index is 0.391. The maximum Gasteiger partial charge on any atom is 0.0561 e. The van der Waals surface area contributed by atoms with Crippen LogP contribution in [0.5, 0.6) is 0 Å². The summed E-state index contributed by atoms with van der Waals surface area (Å²) in [5, 5.41) is 1.40. The Kier molecular flexibility index (Phi) is 2.93. The van der Waals surface area contributed by atoms with Gasteiger partial charge in [0.1, 0.15) is 0 Å². The lowest BCUT2D eigenvalue weighted by molar-refractivity contribution is 0.667. The van der Waals surface area contributed by atoms with E-state index >= 15 is 0 Å². The smallest absolute Gasteiger partial charge is 0.0561 e. The Morgan fingerprint density at radius 2 is 1.72 bits per heavy atom. The fraction of sp³-hybridized carbons (Fsp3) is 0.188. The summed E-state index contributed by atoms with van der Waals surface area (Å²) in [5.74, 6) is 2.27. The van der Waals surface area contributed by atoms with E-state index in [2.05, 4.69) is 72.9 Å². The SMILES string of the molecule is Cc1ccc([C@H](C)n2cpc3ccccc32)cc1. The highest BCUT2D eigenvalue weighted by atomic mass is 31.0. The van der Waals surface area contributed by atoms with Gasteiger partial charge in [-0.25, -0.2) is 0 Å². The Balaban J connectivity index is 2.06. The Morgan fingerprint density at radius 1 is 1.00 bits per heavy atom. The number of hydrogen-bond donors (Lipinski definition) is 0. The van der Waals surface area contributed by atoms with Crippen LogP contribution in [-0.4, -0.2) is 4.57 Å². The molecule has 0 N–H and O–H groups in total.